The van der Waals surface area contributed by atoms with Crippen molar-refractivity contribution in [3.63, 3.8) is 0 Å². The Morgan fingerprint density at radius 3 is 2.04 bits per heavy atom. The zero-order valence-corrected chi connectivity index (χ0v) is 13.1. The van der Waals surface area contributed by atoms with Gasteiger partial charge in [-0.15, -0.1) is 0 Å². The molecule has 0 aliphatic heterocycles. The number of amides is 2. The summed E-state index contributed by atoms with van der Waals surface area (Å²) in [5, 5.41) is 0. The lowest BCUT2D eigenvalue weighted by molar-refractivity contribution is -0.137. The van der Waals surface area contributed by atoms with E-state index in [9.17, 15) is 22.8 Å². The molecule has 0 saturated carbocycles. The maximum Gasteiger partial charge on any atom is 0.416 e. The molecular formula is C15H9F3N4O2S. The molecular weight excluding hydrogens is 357 g/mol. The Kier molecular flexibility index (Phi) is 4.36. The van der Waals surface area contributed by atoms with Crippen molar-refractivity contribution < 1.29 is 22.8 Å². The first-order valence-electron chi connectivity index (χ1n) is 6.85. The molecule has 6 nitrogen and oxygen atoms in total. The van der Waals surface area contributed by atoms with E-state index in [1.807, 2.05) is 0 Å². The topological polar surface area (TPSA) is 84.0 Å². The van der Waals surface area contributed by atoms with Crippen LogP contribution in [0.2, 0.25) is 0 Å². The second kappa shape index (κ2) is 6.48. The van der Waals surface area contributed by atoms with Crippen LogP contribution in [0.1, 0.15) is 26.3 Å². The van der Waals surface area contributed by atoms with Crippen molar-refractivity contribution in [2.75, 3.05) is 0 Å². The van der Waals surface area contributed by atoms with E-state index >= 15 is 0 Å². The van der Waals surface area contributed by atoms with Gasteiger partial charge in [0.15, 0.2) is 0 Å². The summed E-state index contributed by atoms with van der Waals surface area (Å²) in [4.78, 5) is 23.9. The van der Waals surface area contributed by atoms with Crippen molar-refractivity contribution in [3.8, 4) is 0 Å². The van der Waals surface area contributed by atoms with Gasteiger partial charge in [0.05, 0.1) is 17.3 Å². The van der Waals surface area contributed by atoms with E-state index in [1.54, 1.807) is 6.07 Å². The van der Waals surface area contributed by atoms with E-state index in [0.29, 0.717) is 11.0 Å². The first-order valence-corrected chi connectivity index (χ1v) is 7.58. The van der Waals surface area contributed by atoms with Gasteiger partial charge in [0.1, 0.15) is 11.0 Å². The summed E-state index contributed by atoms with van der Waals surface area (Å²) in [6.45, 7) is 0. The van der Waals surface area contributed by atoms with Crippen LogP contribution in [-0.4, -0.2) is 20.6 Å². The number of nitrogens with one attached hydrogen (secondary N) is 2. The van der Waals surface area contributed by atoms with Crippen LogP contribution in [0.4, 0.5) is 13.2 Å². The average Bonchev–Trinajstić information content (AvgIpc) is 3.06. The van der Waals surface area contributed by atoms with Gasteiger partial charge < -0.3 is 0 Å². The highest BCUT2D eigenvalue weighted by Gasteiger charge is 2.30. The smallest absolute Gasteiger partial charge is 0.267 e. The van der Waals surface area contributed by atoms with Crippen molar-refractivity contribution >= 4 is 34.6 Å². The van der Waals surface area contributed by atoms with E-state index in [4.69, 9.17) is 0 Å². The minimum Gasteiger partial charge on any atom is -0.267 e. The van der Waals surface area contributed by atoms with Gasteiger partial charge in [-0.2, -0.15) is 21.9 Å². The highest BCUT2D eigenvalue weighted by atomic mass is 32.1. The first kappa shape index (κ1) is 16.8. The molecule has 25 heavy (non-hydrogen) atoms. The fourth-order valence-corrected chi connectivity index (χ4v) is 2.51. The van der Waals surface area contributed by atoms with Gasteiger partial charge in [0.2, 0.25) is 0 Å². The third kappa shape index (κ3) is 3.74. The van der Waals surface area contributed by atoms with Crippen LogP contribution in [0.3, 0.4) is 0 Å². The molecule has 0 spiro atoms. The van der Waals surface area contributed by atoms with Gasteiger partial charge >= 0.3 is 6.18 Å². The van der Waals surface area contributed by atoms with Gasteiger partial charge in [0.25, 0.3) is 11.8 Å². The van der Waals surface area contributed by atoms with Gasteiger partial charge in [-0.3, -0.25) is 20.4 Å². The number of benzene rings is 2. The molecule has 0 fully saturated rings. The predicted octanol–water partition coefficient (Wildman–Crippen LogP) is 2.78. The lowest BCUT2D eigenvalue weighted by Crippen LogP contribution is -2.41. The molecule has 0 atom stereocenters. The Labute approximate surface area is 143 Å². The monoisotopic (exact) mass is 366 g/mol. The Balaban J connectivity index is 1.64. The van der Waals surface area contributed by atoms with E-state index in [0.717, 1.165) is 36.0 Å². The summed E-state index contributed by atoms with van der Waals surface area (Å²) in [5.41, 5.74) is 4.91. The maximum atomic E-state index is 12.5. The minimum atomic E-state index is -4.48. The van der Waals surface area contributed by atoms with Gasteiger partial charge in [0, 0.05) is 11.1 Å². The second-order valence-electron chi connectivity index (χ2n) is 4.95. The molecule has 0 saturated heterocycles. The van der Waals surface area contributed by atoms with Crippen molar-refractivity contribution in [3.05, 3.63) is 59.2 Å². The third-order valence-corrected chi connectivity index (χ3v) is 3.84. The number of halogens is 3. The van der Waals surface area contributed by atoms with Crippen LogP contribution in [0.25, 0.3) is 11.0 Å². The molecule has 0 unspecified atom stereocenters. The summed E-state index contributed by atoms with van der Waals surface area (Å²) in [5.74, 6) is -1.33. The lowest BCUT2D eigenvalue weighted by Gasteiger charge is -2.09. The summed E-state index contributed by atoms with van der Waals surface area (Å²) in [6, 6.07) is 8.28. The predicted molar refractivity (Wildman–Crippen MR) is 83.8 cm³/mol. The van der Waals surface area contributed by atoms with Crippen molar-refractivity contribution in [1.29, 1.82) is 0 Å². The number of aromatic nitrogens is 2. The van der Waals surface area contributed by atoms with Crippen molar-refractivity contribution in [2.45, 2.75) is 6.18 Å². The first-order chi connectivity index (χ1) is 11.8. The highest BCUT2D eigenvalue weighted by molar-refractivity contribution is 7.00. The second-order valence-corrected chi connectivity index (χ2v) is 5.48. The molecule has 2 amide bonds. The zero-order valence-electron chi connectivity index (χ0n) is 12.3. The third-order valence-electron chi connectivity index (χ3n) is 3.28. The molecule has 10 heteroatoms. The van der Waals surface area contributed by atoms with Crippen LogP contribution in [0, 0.1) is 0 Å². The molecule has 2 N–H and O–H groups in total. The number of hydrogen-bond donors (Lipinski definition) is 2. The van der Waals surface area contributed by atoms with Crippen LogP contribution < -0.4 is 10.9 Å². The van der Waals surface area contributed by atoms with Gasteiger partial charge in [-0.05, 0) is 42.5 Å². The Bertz CT molecular complexity index is 938. The van der Waals surface area contributed by atoms with Crippen LogP contribution in [0.15, 0.2) is 42.5 Å². The van der Waals surface area contributed by atoms with Gasteiger partial charge in [-0.1, -0.05) is 0 Å². The zero-order chi connectivity index (χ0) is 18.0. The van der Waals surface area contributed by atoms with Gasteiger partial charge in [-0.25, -0.2) is 0 Å². The fourth-order valence-electron chi connectivity index (χ4n) is 1.99. The molecule has 2 aromatic carbocycles. The van der Waals surface area contributed by atoms with E-state index < -0.39 is 23.6 Å². The SMILES string of the molecule is O=C(NNC(=O)c1ccc2nsnc2c1)c1ccc(C(F)(F)F)cc1. The molecule has 0 bridgehead atoms. The van der Waals surface area contributed by atoms with Crippen molar-refractivity contribution in [1.82, 2.24) is 19.6 Å². The lowest BCUT2D eigenvalue weighted by atomic mass is 10.1. The summed E-state index contributed by atoms with van der Waals surface area (Å²) in [6.07, 6.45) is -4.48. The summed E-state index contributed by atoms with van der Waals surface area (Å²) in [7, 11) is 0. The summed E-state index contributed by atoms with van der Waals surface area (Å²) < 4.78 is 45.5. The van der Waals surface area contributed by atoms with Crippen LogP contribution >= 0.6 is 11.7 Å². The largest absolute Gasteiger partial charge is 0.416 e. The number of fused-ring (bicyclic) bond motifs is 1. The number of carbonyl (C=O) groups excluding carboxylic acids is 2. The number of alkyl halides is 3. The van der Waals surface area contributed by atoms with Crippen molar-refractivity contribution in [2.24, 2.45) is 0 Å². The Hall–Kier alpha value is -3.01. The maximum absolute atomic E-state index is 12.5. The summed E-state index contributed by atoms with van der Waals surface area (Å²) >= 11 is 1.01. The quantitative estimate of drug-likeness (QED) is 0.683. The van der Waals surface area contributed by atoms with Crippen LogP contribution in [-0.2, 0) is 6.18 Å². The molecule has 3 rings (SSSR count). The highest BCUT2D eigenvalue weighted by Crippen LogP contribution is 2.29. The minimum absolute atomic E-state index is 0.0209. The number of nitrogens with zero attached hydrogens (tertiary/aromatic N) is 2. The molecule has 0 aliphatic carbocycles. The molecule has 1 heterocycles. The van der Waals surface area contributed by atoms with Crippen LogP contribution in [0.5, 0.6) is 0 Å². The molecule has 0 radical (unpaired) electrons. The standard InChI is InChI=1S/C15H9F3N4O2S/c16-15(17,18)10-4-1-8(2-5-10)13(23)19-20-14(24)9-3-6-11-12(7-9)22-25-21-11/h1-7H,(H,19,23)(H,20,24). The Morgan fingerprint density at radius 1 is 0.840 bits per heavy atom. The fraction of sp³-hybridized carbons (Fsp3) is 0.0667. The average molecular weight is 366 g/mol. The van der Waals surface area contributed by atoms with E-state index in [1.165, 1.54) is 12.1 Å². The molecule has 3 aromatic rings. The molecule has 1 aromatic heterocycles. The number of hydrogen-bond acceptors (Lipinski definition) is 5. The normalized spacial score (nSPS) is 11.3. The molecule has 0 aliphatic rings. The Morgan fingerprint density at radius 2 is 1.40 bits per heavy atom. The van der Waals surface area contributed by atoms with E-state index in [2.05, 4.69) is 19.6 Å². The molecule has 128 valence electrons. The number of hydrazine groups is 1. The van der Waals surface area contributed by atoms with E-state index in [-0.39, 0.29) is 11.1 Å². The number of carbonyl (C=O) groups is 2. The number of rotatable bonds is 2.